The number of likely N-dealkylation sites (N-methyl/N-ethyl adjacent to an activating group) is 1. The van der Waals surface area contributed by atoms with Crippen LogP contribution in [0.4, 0.5) is 5.69 Å². The summed E-state index contributed by atoms with van der Waals surface area (Å²) < 4.78 is 11.3. The summed E-state index contributed by atoms with van der Waals surface area (Å²) in [4.78, 5) is 18.5. The summed E-state index contributed by atoms with van der Waals surface area (Å²) in [5.41, 5.74) is 0.861. The van der Waals surface area contributed by atoms with Crippen molar-refractivity contribution in [3.8, 4) is 11.5 Å². The van der Waals surface area contributed by atoms with Crippen LogP contribution in [0.5, 0.6) is 11.5 Å². The molecule has 2 aromatic rings. The van der Waals surface area contributed by atoms with Crippen LogP contribution in [0.2, 0.25) is 0 Å². The number of carbonyl (C=O) groups is 1. The lowest BCUT2D eigenvalue weighted by Crippen LogP contribution is -2.40. The van der Waals surface area contributed by atoms with E-state index in [1.807, 2.05) is 34.5 Å². The molecule has 1 aliphatic heterocycles. The number of fused-ring (bicyclic) bond motifs is 1. The fourth-order valence-corrected chi connectivity index (χ4v) is 4.02. The maximum absolute atomic E-state index is 13.2. The predicted molar refractivity (Wildman–Crippen MR) is 108 cm³/mol. The van der Waals surface area contributed by atoms with Gasteiger partial charge in [-0.2, -0.15) is 0 Å². The predicted octanol–water partition coefficient (Wildman–Crippen LogP) is 3.78. The Kier molecular flexibility index (Phi) is 5.64. The van der Waals surface area contributed by atoms with Gasteiger partial charge in [-0.3, -0.25) is 9.69 Å². The second-order valence-corrected chi connectivity index (χ2v) is 8.19. The third-order valence-corrected chi connectivity index (χ3v) is 5.91. The second-order valence-electron chi connectivity index (χ2n) is 7.16. The van der Waals surface area contributed by atoms with Gasteiger partial charge in [-0.25, -0.2) is 0 Å². The Morgan fingerprint density at radius 2 is 2.00 bits per heavy atom. The Morgan fingerprint density at radius 1 is 1.19 bits per heavy atom. The molecule has 1 amide bonds. The van der Waals surface area contributed by atoms with Gasteiger partial charge in [0.2, 0.25) is 5.91 Å². The first-order valence-electron chi connectivity index (χ1n) is 9.67. The van der Waals surface area contributed by atoms with Crippen LogP contribution in [0.25, 0.3) is 0 Å². The summed E-state index contributed by atoms with van der Waals surface area (Å²) in [6.45, 7) is 6.19. The number of hydrogen-bond acceptors (Lipinski definition) is 5. The van der Waals surface area contributed by atoms with Crippen LogP contribution in [0.15, 0.2) is 35.7 Å². The van der Waals surface area contributed by atoms with Gasteiger partial charge in [0, 0.05) is 23.2 Å². The summed E-state index contributed by atoms with van der Waals surface area (Å²) in [6, 6.07) is 9.89. The van der Waals surface area contributed by atoms with Gasteiger partial charge in [0.05, 0.1) is 13.1 Å². The van der Waals surface area contributed by atoms with Gasteiger partial charge >= 0.3 is 0 Å². The maximum Gasteiger partial charge on any atom is 0.241 e. The van der Waals surface area contributed by atoms with Crippen molar-refractivity contribution in [3.05, 3.63) is 40.6 Å². The molecule has 1 saturated carbocycles. The molecule has 1 aliphatic carbocycles. The molecule has 0 unspecified atom stereocenters. The molecule has 0 N–H and O–H groups in total. The zero-order valence-electron chi connectivity index (χ0n) is 15.7. The fourth-order valence-electron chi connectivity index (χ4n) is 3.33. The quantitative estimate of drug-likeness (QED) is 0.692. The lowest BCUT2D eigenvalue weighted by atomic mass is 10.2. The van der Waals surface area contributed by atoms with E-state index < -0.39 is 0 Å². The third-order valence-electron chi connectivity index (χ3n) is 5.05. The molecule has 0 saturated heterocycles. The van der Waals surface area contributed by atoms with Crippen LogP contribution in [-0.4, -0.2) is 43.7 Å². The van der Waals surface area contributed by atoms with Crippen molar-refractivity contribution in [1.29, 1.82) is 0 Å². The van der Waals surface area contributed by atoms with Crippen LogP contribution >= 0.6 is 11.3 Å². The third kappa shape index (κ3) is 4.62. The summed E-state index contributed by atoms with van der Waals surface area (Å²) in [7, 11) is 0. The number of ether oxygens (including phenoxy) is 2. The smallest absolute Gasteiger partial charge is 0.241 e. The number of thiophene rings is 1. The van der Waals surface area contributed by atoms with E-state index in [4.69, 9.17) is 9.47 Å². The van der Waals surface area contributed by atoms with E-state index in [-0.39, 0.29) is 5.91 Å². The highest BCUT2D eigenvalue weighted by molar-refractivity contribution is 7.09. The molecule has 1 fully saturated rings. The number of benzene rings is 1. The zero-order chi connectivity index (χ0) is 18.6. The highest BCUT2D eigenvalue weighted by Crippen LogP contribution is 2.35. The average molecular weight is 387 g/mol. The van der Waals surface area contributed by atoms with Gasteiger partial charge < -0.3 is 14.4 Å². The van der Waals surface area contributed by atoms with Crippen molar-refractivity contribution in [3.63, 3.8) is 0 Å². The molecule has 4 rings (SSSR count). The molecule has 0 bridgehead atoms. The van der Waals surface area contributed by atoms with E-state index in [2.05, 4.69) is 17.9 Å². The summed E-state index contributed by atoms with van der Waals surface area (Å²) >= 11 is 1.67. The number of amides is 1. The van der Waals surface area contributed by atoms with Crippen molar-refractivity contribution >= 4 is 22.9 Å². The molecule has 2 heterocycles. The summed E-state index contributed by atoms with van der Waals surface area (Å²) in [5.74, 6) is 2.37. The molecule has 0 radical (unpaired) electrons. The number of rotatable bonds is 8. The van der Waals surface area contributed by atoms with Gasteiger partial charge in [-0.05, 0) is 48.9 Å². The highest BCUT2D eigenvalue weighted by Gasteiger charge is 2.27. The van der Waals surface area contributed by atoms with Crippen molar-refractivity contribution in [1.82, 2.24) is 4.90 Å². The first-order chi connectivity index (χ1) is 13.2. The van der Waals surface area contributed by atoms with E-state index in [9.17, 15) is 4.79 Å². The Balaban J connectivity index is 1.55. The molecular formula is C21H26N2O3S. The van der Waals surface area contributed by atoms with Crippen LogP contribution in [0, 0.1) is 5.92 Å². The van der Waals surface area contributed by atoms with Gasteiger partial charge in [-0.15, -0.1) is 11.3 Å². The lowest BCUT2D eigenvalue weighted by Gasteiger charge is -2.28. The van der Waals surface area contributed by atoms with Crippen LogP contribution in [0.1, 0.15) is 24.6 Å². The van der Waals surface area contributed by atoms with Crippen molar-refractivity contribution < 1.29 is 14.3 Å². The van der Waals surface area contributed by atoms with Gasteiger partial charge in [-0.1, -0.05) is 13.0 Å². The molecule has 2 aliphatic rings. The minimum atomic E-state index is 0.127. The molecular weight excluding hydrogens is 360 g/mol. The molecule has 27 heavy (non-hydrogen) atoms. The summed E-state index contributed by atoms with van der Waals surface area (Å²) in [6.07, 6.45) is 2.59. The number of nitrogens with zero attached hydrogens (tertiary/aromatic N) is 2. The molecule has 1 aromatic carbocycles. The maximum atomic E-state index is 13.2. The SMILES string of the molecule is CCN(CC(=O)N(Cc1cccs1)c1ccc2c(c1)OCCO2)CC1CC1. The number of hydrogen-bond donors (Lipinski definition) is 0. The minimum Gasteiger partial charge on any atom is -0.486 e. The Hall–Kier alpha value is -2.05. The topological polar surface area (TPSA) is 42.0 Å². The van der Waals surface area contributed by atoms with Crippen molar-refractivity contribution in [2.45, 2.75) is 26.3 Å². The molecule has 1 aromatic heterocycles. The second kappa shape index (κ2) is 8.31. The fraction of sp³-hybridized carbons (Fsp3) is 0.476. The largest absolute Gasteiger partial charge is 0.486 e. The Morgan fingerprint density at radius 3 is 2.70 bits per heavy atom. The standard InChI is InChI=1S/C21H26N2O3S/c1-2-22(13-16-5-6-16)15-21(24)23(14-18-4-3-11-27-18)17-7-8-19-20(12-17)26-10-9-25-19/h3-4,7-8,11-12,16H,2,5-6,9-10,13-15H2,1H3. The Bertz CT molecular complexity index is 774. The van der Waals surface area contributed by atoms with Gasteiger partial charge in [0.25, 0.3) is 0 Å². The van der Waals surface area contributed by atoms with Crippen LogP contribution in [-0.2, 0) is 11.3 Å². The van der Waals surface area contributed by atoms with E-state index in [1.165, 1.54) is 17.7 Å². The monoisotopic (exact) mass is 386 g/mol. The Labute approximate surface area is 164 Å². The molecule has 144 valence electrons. The van der Waals surface area contributed by atoms with E-state index in [0.717, 1.165) is 30.4 Å². The van der Waals surface area contributed by atoms with Gasteiger partial charge in [0.1, 0.15) is 13.2 Å². The highest BCUT2D eigenvalue weighted by atomic mass is 32.1. The zero-order valence-corrected chi connectivity index (χ0v) is 16.5. The lowest BCUT2D eigenvalue weighted by molar-refractivity contribution is -0.119. The molecule has 5 nitrogen and oxygen atoms in total. The van der Waals surface area contributed by atoms with Crippen molar-refractivity contribution in [2.75, 3.05) is 37.7 Å². The van der Waals surface area contributed by atoms with Crippen molar-refractivity contribution in [2.24, 2.45) is 5.92 Å². The van der Waals surface area contributed by atoms with Gasteiger partial charge in [0.15, 0.2) is 11.5 Å². The molecule has 0 spiro atoms. The molecule has 0 atom stereocenters. The average Bonchev–Trinajstić information content (AvgIpc) is 3.36. The molecule has 6 heteroatoms. The first kappa shape index (κ1) is 18.3. The normalized spacial score (nSPS) is 15.8. The van der Waals surface area contributed by atoms with E-state index >= 15 is 0 Å². The first-order valence-corrected chi connectivity index (χ1v) is 10.6. The number of carbonyl (C=O) groups excluding carboxylic acids is 1. The van der Waals surface area contributed by atoms with E-state index in [0.29, 0.717) is 32.1 Å². The van der Waals surface area contributed by atoms with Crippen LogP contribution in [0.3, 0.4) is 0 Å². The summed E-state index contributed by atoms with van der Waals surface area (Å²) in [5, 5.41) is 2.05. The van der Waals surface area contributed by atoms with E-state index in [1.54, 1.807) is 11.3 Å². The minimum absolute atomic E-state index is 0.127. The van der Waals surface area contributed by atoms with Crippen LogP contribution < -0.4 is 14.4 Å². The number of anilines is 1.